The van der Waals surface area contributed by atoms with Crippen LogP contribution in [0.15, 0.2) is 16.3 Å². The van der Waals surface area contributed by atoms with Gasteiger partial charge in [-0.05, 0) is 50.2 Å². The molecule has 21 heavy (non-hydrogen) atoms. The van der Waals surface area contributed by atoms with Crippen molar-refractivity contribution in [3.8, 4) is 0 Å². The van der Waals surface area contributed by atoms with Gasteiger partial charge in [0, 0.05) is 11.4 Å². The SMILES string of the molecule is CCc1ccc(S(=O)(=O)NCC2CCC(C(=O)O)CC2)s1. The molecule has 0 saturated heterocycles. The van der Waals surface area contributed by atoms with E-state index in [1.807, 2.05) is 13.0 Å². The highest BCUT2D eigenvalue weighted by Gasteiger charge is 2.27. The molecule has 0 bridgehead atoms. The Hall–Kier alpha value is -0.920. The fraction of sp³-hybridized carbons (Fsp3) is 0.643. The van der Waals surface area contributed by atoms with E-state index in [1.54, 1.807) is 6.07 Å². The zero-order valence-electron chi connectivity index (χ0n) is 12.0. The van der Waals surface area contributed by atoms with Crippen molar-refractivity contribution in [3.63, 3.8) is 0 Å². The van der Waals surface area contributed by atoms with E-state index in [2.05, 4.69) is 4.72 Å². The number of carboxylic acids is 1. The van der Waals surface area contributed by atoms with Crippen molar-refractivity contribution in [3.05, 3.63) is 17.0 Å². The molecule has 1 aliphatic carbocycles. The van der Waals surface area contributed by atoms with Crippen LogP contribution in [-0.4, -0.2) is 26.0 Å². The maximum atomic E-state index is 12.2. The highest BCUT2D eigenvalue weighted by Crippen LogP contribution is 2.29. The number of hydrogen-bond donors (Lipinski definition) is 2. The Morgan fingerprint density at radius 3 is 2.52 bits per heavy atom. The number of thiophene rings is 1. The summed E-state index contributed by atoms with van der Waals surface area (Å²) >= 11 is 1.30. The molecule has 1 aliphatic rings. The molecule has 0 aromatic carbocycles. The molecule has 2 rings (SSSR count). The van der Waals surface area contributed by atoms with E-state index < -0.39 is 16.0 Å². The van der Waals surface area contributed by atoms with E-state index in [0.29, 0.717) is 23.6 Å². The van der Waals surface area contributed by atoms with Crippen molar-refractivity contribution in [1.29, 1.82) is 0 Å². The lowest BCUT2D eigenvalue weighted by Gasteiger charge is -2.25. The number of nitrogens with one attached hydrogen (secondary N) is 1. The second-order valence-electron chi connectivity index (χ2n) is 5.48. The van der Waals surface area contributed by atoms with Crippen LogP contribution in [0.2, 0.25) is 0 Å². The zero-order chi connectivity index (χ0) is 15.5. The van der Waals surface area contributed by atoms with Crippen molar-refractivity contribution < 1.29 is 18.3 Å². The average Bonchev–Trinajstić information content (AvgIpc) is 2.95. The fourth-order valence-corrected chi connectivity index (χ4v) is 5.06. The van der Waals surface area contributed by atoms with Crippen molar-refractivity contribution in [2.24, 2.45) is 11.8 Å². The minimum atomic E-state index is -3.43. The minimum Gasteiger partial charge on any atom is -0.481 e. The van der Waals surface area contributed by atoms with Gasteiger partial charge in [0.2, 0.25) is 10.0 Å². The summed E-state index contributed by atoms with van der Waals surface area (Å²) in [6.45, 7) is 2.39. The summed E-state index contributed by atoms with van der Waals surface area (Å²) in [6, 6.07) is 3.49. The van der Waals surface area contributed by atoms with Crippen LogP contribution in [0, 0.1) is 11.8 Å². The van der Waals surface area contributed by atoms with Crippen molar-refractivity contribution in [2.75, 3.05) is 6.54 Å². The van der Waals surface area contributed by atoms with Gasteiger partial charge in [-0.1, -0.05) is 6.92 Å². The van der Waals surface area contributed by atoms with E-state index in [-0.39, 0.29) is 11.8 Å². The minimum absolute atomic E-state index is 0.237. The van der Waals surface area contributed by atoms with Crippen molar-refractivity contribution >= 4 is 27.3 Å². The number of aryl methyl sites for hydroxylation is 1. The van der Waals surface area contributed by atoms with E-state index in [4.69, 9.17) is 5.11 Å². The van der Waals surface area contributed by atoms with Crippen LogP contribution in [0.25, 0.3) is 0 Å². The van der Waals surface area contributed by atoms with Gasteiger partial charge in [0.05, 0.1) is 5.92 Å². The third-order valence-corrected chi connectivity index (χ3v) is 7.15. The summed E-state index contributed by atoms with van der Waals surface area (Å²) in [5, 5.41) is 8.95. The molecule has 0 aliphatic heterocycles. The van der Waals surface area contributed by atoms with Crippen molar-refractivity contribution in [2.45, 2.75) is 43.2 Å². The zero-order valence-corrected chi connectivity index (χ0v) is 13.7. The second kappa shape index (κ2) is 6.89. The number of sulfonamides is 1. The lowest BCUT2D eigenvalue weighted by Crippen LogP contribution is -2.32. The molecule has 118 valence electrons. The maximum Gasteiger partial charge on any atom is 0.306 e. The molecular formula is C14H21NO4S2. The van der Waals surface area contributed by atoms with Gasteiger partial charge < -0.3 is 5.11 Å². The highest BCUT2D eigenvalue weighted by atomic mass is 32.2. The van der Waals surface area contributed by atoms with E-state index in [1.165, 1.54) is 11.3 Å². The molecule has 1 aromatic heterocycles. The summed E-state index contributed by atoms with van der Waals surface area (Å²) in [5.74, 6) is -0.761. The first-order valence-electron chi connectivity index (χ1n) is 7.23. The molecule has 0 unspecified atom stereocenters. The van der Waals surface area contributed by atoms with Gasteiger partial charge in [-0.3, -0.25) is 4.79 Å². The number of hydrogen-bond acceptors (Lipinski definition) is 4. The lowest BCUT2D eigenvalue weighted by molar-refractivity contribution is -0.143. The molecule has 1 heterocycles. The van der Waals surface area contributed by atoms with Gasteiger partial charge in [0.25, 0.3) is 0 Å². The van der Waals surface area contributed by atoms with Crippen molar-refractivity contribution in [1.82, 2.24) is 4.72 Å². The van der Waals surface area contributed by atoms with Gasteiger partial charge in [-0.2, -0.15) is 0 Å². The first kappa shape index (κ1) is 16.5. The Labute approximate surface area is 129 Å². The smallest absolute Gasteiger partial charge is 0.306 e. The van der Waals surface area contributed by atoms with E-state index in [0.717, 1.165) is 24.1 Å². The molecule has 1 fully saturated rings. The summed E-state index contributed by atoms with van der Waals surface area (Å²) in [7, 11) is -3.43. The molecule has 1 aromatic rings. The van der Waals surface area contributed by atoms with Crippen LogP contribution >= 0.6 is 11.3 Å². The molecular weight excluding hydrogens is 310 g/mol. The Kier molecular flexibility index (Phi) is 5.40. The molecule has 5 nitrogen and oxygen atoms in total. The molecule has 1 saturated carbocycles. The first-order chi connectivity index (χ1) is 9.92. The molecule has 0 amide bonds. The Balaban J connectivity index is 1.86. The van der Waals surface area contributed by atoms with Gasteiger partial charge in [0.1, 0.15) is 4.21 Å². The predicted octanol–water partition coefficient (Wildman–Crippen LogP) is 2.48. The normalized spacial score (nSPS) is 23.1. The van der Waals surface area contributed by atoms with Crippen LogP contribution in [0.5, 0.6) is 0 Å². The number of carbonyl (C=O) groups is 1. The number of rotatable bonds is 6. The topological polar surface area (TPSA) is 83.5 Å². The maximum absolute atomic E-state index is 12.2. The Bertz CT molecular complexity index is 586. The summed E-state index contributed by atoms with van der Waals surface area (Å²) in [6.07, 6.45) is 3.65. The molecule has 7 heteroatoms. The first-order valence-corrected chi connectivity index (χ1v) is 9.53. The Morgan fingerprint density at radius 1 is 1.33 bits per heavy atom. The third-order valence-electron chi connectivity index (χ3n) is 4.01. The van der Waals surface area contributed by atoms with Crippen LogP contribution in [0.4, 0.5) is 0 Å². The van der Waals surface area contributed by atoms with Crippen LogP contribution in [-0.2, 0) is 21.2 Å². The summed E-state index contributed by atoms with van der Waals surface area (Å²) in [5.41, 5.74) is 0. The molecule has 0 atom stereocenters. The average molecular weight is 331 g/mol. The van der Waals surface area contributed by atoms with Gasteiger partial charge >= 0.3 is 5.97 Å². The fourth-order valence-electron chi connectivity index (χ4n) is 2.60. The van der Waals surface area contributed by atoms with Crippen LogP contribution in [0.1, 0.15) is 37.5 Å². The van der Waals surface area contributed by atoms with Gasteiger partial charge in [-0.25, -0.2) is 13.1 Å². The highest BCUT2D eigenvalue weighted by molar-refractivity contribution is 7.91. The predicted molar refractivity (Wildman–Crippen MR) is 82.0 cm³/mol. The molecule has 0 radical (unpaired) electrons. The molecule has 0 spiro atoms. The Morgan fingerprint density at radius 2 is 2.00 bits per heavy atom. The van der Waals surface area contributed by atoms with Crippen LogP contribution in [0.3, 0.4) is 0 Å². The van der Waals surface area contributed by atoms with Gasteiger partial charge in [-0.15, -0.1) is 11.3 Å². The lowest BCUT2D eigenvalue weighted by atomic mass is 9.82. The number of aliphatic carboxylic acids is 1. The summed E-state index contributed by atoms with van der Waals surface area (Å²) < 4.78 is 27.4. The monoisotopic (exact) mass is 331 g/mol. The number of carboxylic acid groups (broad SMARTS) is 1. The standard InChI is InChI=1S/C14H21NO4S2/c1-2-12-7-8-13(20-12)21(18,19)15-9-10-3-5-11(6-4-10)14(16)17/h7-8,10-11,15H,2-6,9H2,1H3,(H,16,17). The van der Waals surface area contributed by atoms with E-state index in [9.17, 15) is 13.2 Å². The molecule has 2 N–H and O–H groups in total. The summed E-state index contributed by atoms with van der Waals surface area (Å²) in [4.78, 5) is 11.9. The van der Waals surface area contributed by atoms with Gasteiger partial charge in [0.15, 0.2) is 0 Å². The van der Waals surface area contributed by atoms with Crippen LogP contribution < -0.4 is 4.72 Å². The van der Waals surface area contributed by atoms with E-state index >= 15 is 0 Å². The largest absolute Gasteiger partial charge is 0.481 e. The third kappa shape index (κ3) is 4.28. The second-order valence-corrected chi connectivity index (χ2v) is 8.64. The quantitative estimate of drug-likeness (QED) is 0.839.